The summed E-state index contributed by atoms with van der Waals surface area (Å²) in [5.41, 5.74) is 2.86. The van der Waals surface area contributed by atoms with Crippen LogP contribution in [0.15, 0.2) is 18.2 Å². The number of ether oxygens (including phenoxy) is 1. The standard InChI is InChI=1S/C14H21NOS/c1-14(2,9-15-10-17)12-5-6-13-11(8-12)4-3-7-16-13/h5-6,8,15,17H,3-4,7,9-10H2,1-2H3. The van der Waals surface area contributed by atoms with Crippen LogP contribution in [0, 0.1) is 0 Å². The average Bonchev–Trinajstić information content (AvgIpc) is 2.36. The van der Waals surface area contributed by atoms with Gasteiger partial charge in [-0.15, -0.1) is 0 Å². The lowest BCUT2D eigenvalue weighted by Gasteiger charge is -2.27. The molecule has 2 rings (SSSR count). The summed E-state index contributed by atoms with van der Waals surface area (Å²) in [6.45, 7) is 6.32. The van der Waals surface area contributed by atoms with Gasteiger partial charge in [0.2, 0.25) is 0 Å². The molecule has 2 nitrogen and oxygen atoms in total. The summed E-state index contributed by atoms with van der Waals surface area (Å²) >= 11 is 4.19. The third-order valence-electron chi connectivity index (χ3n) is 3.37. The van der Waals surface area contributed by atoms with E-state index in [4.69, 9.17) is 4.74 Å². The first-order valence-corrected chi connectivity index (χ1v) is 6.84. The Labute approximate surface area is 109 Å². The first-order valence-electron chi connectivity index (χ1n) is 6.21. The lowest BCUT2D eigenvalue weighted by Crippen LogP contribution is -2.32. The van der Waals surface area contributed by atoms with Gasteiger partial charge in [-0.05, 0) is 30.0 Å². The number of hydrogen-bond donors (Lipinski definition) is 2. The van der Waals surface area contributed by atoms with Crippen molar-refractivity contribution in [3.63, 3.8) is 0 Å². The third kappa shape index (κ3) is 2.96. The molecule has 0 aromatic heterocycles. The lowest BCUT2D eigenvalue weighted by molar-refractivity contribution is 0.288. The van der Waals surface area contributed by atoms with Gasteiger partial charge < -0.3 is 10.1 Å². The second kappa shape index (κ2) is 5.32. The van der Waals surface area contributed by atoms with Crippen molar-refractivity contribution in [2.75, 3.05) is 19.0 Å². The zero-order valence-electron chi connectivity index (χ0n) is 10.6. The van der Waals surface area contributed by atoms with Gasteiger partial charge in [-0.3, -0.25) is 0 Å². The minimum atomic E-state index is 0.134. The van der Waals surface area contributed by atoms with Gasteiger partial charge >= 0.3 is 0 Å². The second-order valence-corrected chi connectivity index (χ2v) is 5.56. The quantitative estimate of drug-likeness (QED) is 0.634. The van der Waals surface area contributed by atoms with Crippen molar-refractivity contribution >= 4 is 12.6 Å². The largest absolute Gasteiger partial charge is 0.493 e. The van der Waals surface area contributed by atoms with E-state index in [0.717, 1.165) is 37.6 Å². The Bertz CT molecular complexity index is 390. The minimum Gasteiger partial charge on any atom is -0.493 e. The van der Waals surface area contributed by atoms with E-state index in [0.29, 0.717) is 0 Å². The highest BCUT2D eigenvalue weighted by atomic mass is 32.1. The van der Waals surface area contributed by atoms with Crippen LogP contribution in [-0.2, 0) is 11.8 Å². The molecule has 17 heavy (non-hydrogen) atoms. The van der Waals surface area contributed by atoms with Crippen molar-refractivity contribution in [1.82, 2.24) is 5.32 Å². The van der Waals surface area contributed by atoms with Crippen LogP contribution in [-0.4, -0.2) is 19.0 Å². The number of benzene rings is 1. The normalized spacial score (nSPS) is 15.2. The Morgan fingerprint density at radius 1 is 1.41 bits per heavy atom. The third-order valence-corrected chi connectivity index (χ3v) is 3.59. The van der Waals surface area contributed by atoms with Crippen LogP contribution in [0.25, 0.3) is 0 Å². The maximum Gasteiger partial charge on any atom is 0.122 e. The monoisotopic (exact) mass is 251 g/mol. The van der Waals surface area contributed by atoms with Crippen LogP contribution in [0.5, 0.6) is 5.75 Å². The Kier molecular flexibility index (Phi) is 4.00. The summed E-state index contributed by atoms with van der Waals surface area (Å²) in [6.07, 6.45) is 2.27. The molecule has 0 saturated carbocycles. The van der Waals surface area contributed by atoms with E-state index in [-0.39, 0.29) is 5.41 Å². The molecule has 1 aliphatic heterocycles. The van der Waals surface area contributed by atoms with Crippen molar-refractivity contribution < 1.29 is 4.74 Å². The highest BCUT2D eigenvalue weighted by molar-refractivity contribution is 7.80. The zero-order valence-corrected chi connectivity index (χ0v) is 11.5. The Morgan fingerprint density at radius 2 is 2.24 bits per heavy atom. The Balaban J connectivity index is 2.20. The van der Waals surface area contributed by atoms with E-state index in [9.17, 15) is 0 Å². The summed E-state index contributed by atoms with van der Waals surface area (Å²) in [4.78, 5) is 0. The predicted octanol–water partition coefficient (Wildman–Crippen LogP) is 2.77. The van der Waals surface area contributed by atoms with E-state index in [2.05, 4.69) is 50.0 Å². The number of hydrogen-bond acceptors (Lipinski definition) is 3. The molecule has 1 aromatic carbocycles. The maximum atomic E-state index is 5.64. The molecule has 0 atom stereocenters. The van der Waals surface area contributed by atoms with Crippen molar-refractivity contribution in [1.29, 1.82) is 0 Å². The predicted molar refractivity (Wildman–Crippen MR) is 75.1 cm³/mol. The fourth-order valence-corrected chi connectivity index (χ4v) is 2.36. The van der Waals surface area contributed by atoms with Gasteiger partial charge in [0.25, 0.3) is 0 Å². The number of nitrogens with one attached hydrogen (secondary N) is 1. The van der Waals surface area contributed by atoms with Crippen LogP contribution in [0.2, 0.25) is 0 Å². The van der Waals surface area contributed by atoms with Crippen LogP contribution >= 0.6 is 12.6 Å². The first-order chi connectivity index (χ1) is 8.13. The van der Waals surface area contributed by atoms with E-state index in [1.165, 1.54) is 11.1 Å². The van der Waals surface area contributed by atoms with Crippen LogP contribution < -0.4 is 10.1 Å². The van der Waals surface area contributed by atoms with Gasteiger partial charge in [-0.2, -0.15) is 12.6 Å². The second-order valence-electron chi connectivity index (χ2n) is 5.24. The van der Waals surface area contributed by atoms with E-state index in [1.807, 2.05) is 0 Å². The molecular weight excluding hydrogens is 230 g/mol. The van der Waals surface area contributed by atoms with Gasteiger partial charge in [0.05, 0.1) is 6.61 Å². The average molecular weight is 251 g/mol. The molecule has 0 amide bonds. The van der Waals surface area contributed by atoms with Crippen molar-refractivity contribution in [3.05, 3.63) is 29.3 Å². The molecule has 0 spiro atoms. The van der Waals surface area contributed by atoms with Crippen molar-refractivity contribution in [3.8, 4) is 5.75 Å². The molecule has 0 radical (unpaired) electrons. The van der Waals surface area contributed by atoms with Crippen LogP contribution in [0.1, 0.15) is 31.4 Å². The highest BCUT2D eigenvalue weighted by Crippen LogP contribution is 2.30. The van der Waals surface area contributed by atoms with Gasteiger partial charge in [0.1, 0.15) is 5.75 Å². The van der Waals surface area contributed by atoms with E-state index in [1.54, 1.807) is 0 Å². The number of thiol groups is 1. The first kappa shape index (κ1) is 12.8. The summed E-state index contributed by atoms with van der Waals surface area (Å²) in [7, 11) is 0. The maximum absolute atomic E-state index is 5.64. The molecule has 0 bridgehead atoms. The van der Waals surface area contributed by atoms with Gasteiger partial charge in [0.15, 0.2) is 0 Å². The Morgan fingerprint density at radius 3 is 3.00 bits per heavy atom. The topological polar surface area (TPSA) is 21.3 Å². The van der Waals surface area contributed by atoms with Gasteiger partial charge in [0, 0.05) is 17.8 Å². The molecule has 0 fully saturated rings. The summed E-state index contributed by atoms with van der Waals surface area (Å²) in [5, 5.41) is 3.30. The minimum absolute atomic E-state index is 0.134. The molecule has 1 N–H and O–H groups in total. The highest BCUT2D eigenvalue weighted by Gasteiger charge is 2.22. The smallest absolute Gasteiger partial charge is 0.122 e. The summed E-state index contributed by atoms with van der Waals surface area (Å²) in [6, 6.07) is 6.60. The lowest BCUT2D eigenvalue weighted by atomic mass is 9.83. The van der Waals surface area contributed by atoms with Crippen LogP contribution in [0.4, 0.5) is 0 Å². The van der Waals surface area contributed by atoms with Crippen LogP contribution in [0.3, 0.4) is 0 Å². The molecule has 0 saturated heterocycles. The molecule has 0 aliphatic carbocycles. The molecular formula is C14H21NOS. The number of aryl methyl sites for hydroxylation is 1. The van der Waals surface area contributed by atoms with Crippen molar-refractivity contribution in [2.24, 2.45) is 0 Å². The Hall–Kier alpha value is -0.670. The van der Waals surface area contributed by atoms with Crippen molar-refractivity contribution in [2.45, 2.75) is 32.1 Å². The van der Waals surface area contributed by atoms with Gasteiger partial charge in [-0.1, -0.05) is 26.0 Å². The number of fused-ring (bicyclic) bond motifs is 1. The zero-order chi connectivity index (χ0) is 12.3. The summed E-state index contributed by atoms with van der Waals surface area (Å²) < 4.78 is 5.64. The van der Waals surface area contributed by atoms with Gasteiger partial charge in [-0.25, -0.2) is 0 Å². The van der Waals surface area contributed by atoms with E-state index >= 15 is 0 Å². The molecule has 0 unspecified atom stereocenters. The molecule has 3 heteroatoms. The summed E-state index contributed by atoms with van der Waals surface area (Å²) in [5.74, 6) is 1.79. The molecule has 1 aromatic rings. The fraction of sp³-hybridized carbons (Fsp3) is 0.571. The SMILES string of the molecule is CC(C)(CNCS)c1ccc2c(c1)CCCO2. The molecule has 1 heterocycles. The van der Waals surface area contributed by atoms with E-state index < -0.39 is 0 Å². The number of rotatable bonds is 4. The fourth-order valence-electron chi connectivity index (χ4n) is 2.25. The molecule has 1 aliphatic rings. The molecule has 94 valence electrons.